The Kier molecular flexibility index (Phi) is 17.5. The van der Waals surface area contributed by atoms with Gasteiger partial charge in [0, 0.05) is 0 Å². The summed E-state index contributed by atoms with van der Waals surface area (Å²) in [7, 11) is 0. The van der Waals surface area contributed by atoms with Crippen molar-refractivity contribution in [3.8, 4) is 0 Å². The Balaban J connectivity index is 0.000000331. The third-order valence-electron chi connectivity index (χ3n) is 12.7. The van der Waals surface area contributed by atoms with E-state index in [1.807, 2.05) is 48.6 Å². The van der Waals surface area contributed by atoms with Gasteiger partial charge in [-0.2, -0.15) is 101 Å². The fourth-order valence-electron chi connectivity index (χ4n) is 8.65. The first-order valence-electron chi connectivity index (χ1n) is 17.6. The van der Waals surface area contributed by atoms with E-state index in [0.717, 1.165) is 22.9 Å². The van der Waals surface area contributed by atoms with Gasteiger partial charge in [-0.25, -0.2) is 18.1 Å². The molecule has 0 heterocycles. The number of hydrogen-bond acceptors (Lipinski definition) is 0. The Hall–Kier alpha value is -1.86. The van der Waals surface area contributed by atoms with Crippen LogP contribution >= 0.6 is 48.0 Å². The van der Waals surface area contributed by atoms with Crippen LogP contribution in [0, 0.1) is 51.7 Å². The third-order valence-corrected chi connectivity index (χ3v) is 13.2. The van der Waals surface area contributed by atoms with Crippen molar-refractivity contribution >= 4 is 57.8 Å². The zero-order valence-corrected chi connectivity index (χ0v) is 37.6. The normalized spacial score (nSPS) is 22.6. The molecule has 5 heteroatoms. The van der Waals surface area contributed by atoms with E-state index >= 15 is 0 Å². The average Bonchev–Trinajstić information content (AvgIpc) is 3.82. The molecule has 3 aromatic rings. The van der Waals surface area contributed by atoms with Crippen molar-refractivity contribution in [1.29, 1.82) is 0 Å². The summed E-state index contributed by atoms with van der Waals surface area (Å²) >= 11 is 12.3. The van der Waals surface area contributed by atoms with Gasteiger partial charge in [0.2, 0.25) is 0 Å². The molecular formula is C47H54Cl4Zr-4. The second-order valence-corrected chi connectivity index (χ2v) is 16.1. The van der Waals surface area contributed by atoms with Crippen LogP contribution in [0.15, 0.2) is 120 Å². The Bertz CT molecular complexity index is 1710. The molecule has 3 aromatic carbocycles. The average molecular weight is 852 g/mol. The van der Waals surface area contributed by atoms with Crippen molar-refractivity contribution in [2.45, 2.75) is 81.1 Å². The predicted octanol–water partition coefficient (Wildman–Crippen LogP) is 14.4. The summed E-state index contributed by atoms with van der Waals surface area (Å²) in [5.41, 5.74) is 10.3. The molecule has 278 valence electrons. The van der Waals surface area contributed by atoms with Crippen LogP contribution in [0.1, 0.15) is 85.8 Å². The number of allylic oxidation sites excluding steroid dienone is 10. The summed E-state index contributed by atoms with van der Waals surface area (Å²) in [6.07, 6.45) is 18.5. The molecule has 0 nitrogen and oxygen atoms in total. The molecule has 0 radical (unpaired) electrons. The van der Waals surface area contributed by atoms with Gasteiger partial charge in [0.05, 0.1) is 0 Å². The van der Waals surface area contributed by atoms with E-state index in [-0.39, 0.29) is 46.5 Å². The Morgan fingerprint density at radius 3 is 1.87 bits per heavy atom. The molecular weight excluding hydrogens is 798 g/mol. The minimum atomic E-state index is 0. The molecule has 0 aromatic heterocycles. The molecule has 8 rings (SSSR count). The SMILES string of the molecule is C[C-]1C2=C3Cc4ccccc4C3=C3C=CCCC3C2(C)C(C)(C)C(C)(C)C1(C)C.Cl.Cl.Clc1c[c-]ccc1.Clc1c[c-]ccc1.[C-]1=CC=CC1.[CH2]=[Zr]. The van der Waals surface area contributed by atoms with Crippen LogP contribution in [0.5, 0.6) is 0 Å². The van der Waals surface area contributed by atoms with Crippen LogP contribution in [0.4, 0.5) is 0 Å². The zero-order valence-electron chi connectivity index (χ0n) is 32.0. The number of fused-ring (bicyclic) bond motifs is 6. The molecule has 2 unspecified atom stereocenters. The summed E-state index contributed by atoms with van der Waals surface area (Å²) < 4.78 is 3.34. The summed E-state index contributed by atoms with van der Waals surface area (Å²) in [6.45, 7) is 20.3. The predicted molar refractivity (Wildman–Crippen MR) is 228 cm³/mol. The van der Waals surface area contributed by atoms with Gasteiger partial charge in [0.25, 0.3) is 0 Å². The Morgan fingerprint density at radius 2 is 1.40 bits per heavy atom. The van der Waals surface area contributed by atoms with E-state index in [9.17, 15) is 0 Å². The molecule has 2 atom stereocenters. The van der Waals surface area contributed by atoms with E-state index < -0.39 is 0 Å². The van der Waals surface area contributed by atoms with Gasteiger partial charge in [-0.05, 0) is 40.6 Å². The minimum absolute atomic E-state index is 0. The number of hydrogen-bond donors (Lipinski definition) is 0. The molecule has 0 saturated heterocycles. The third kappa shape index (κ3) is 8.82. The molecule has 0 N–H and O–H groups in total. The fourth-order valence-corrected chi connectivity index (χ4v) is 8.92. The standard InChI is InChI=1S/C29H37.2C6H4Cl.C5H5.CH2.2ClH.Zr/c1-18-25-22-17-19-13-9-10-14-20(19)24(22)21-15-11-12-16-23(21)29(25,8)28(6,7)27(4,5)26(18,2)3;2*7-6-4-2-1-3-5-6;1-2-4-5-3-1;;;;/h9-11,13-15,23H,12,16-17H2,1-8H3;2*1-2,4-5H;1-3H,4H2;1H2;2*1H;/q4*-1;;;;. The van der Waals surface area contributed by atoms with Crippen molar-refractivity contribution in [3.63, 3.8) is 0 Å². The fraction of sp³-hybridized carbons (Fsp3) is 0.362. The van der Waals surface area contributed by atoms with Crippen LogP contribution in [0.25, 0.3) is 5.57 Å². The monoisotopic (exact) mass is 848 g/mol. The second kappa shape index (κ2) is 19.6. The molecule has 1 saturated carbocycles. The van der Waals surface area contributed by atoms with Crippen LogP contribution < -0.4 is 0 Å². The van der Waals surface area contributed by atoms with Gasteiger partial charge in [-0.3, -0.25) is 6.08 Å². The first-order chi connectivity index (χ1) is 23.8. The van der Waals surface area contributed by atoms with Crippen LogP contribution in [0.3, 0.4) is 0 Å². The summed E-state index contributed by atoms with van der Waals surface area (Å²) in [4.78, 5) is 0. The number of halogens is 4. The maximum absolute atomic E-state index is 5.51. The van der Waals surface area contributed by atoms with E-state index in [1.165, 1.54) is 48.2 Å². The molecule has 0 amide bonds. The van der Waals surface area contributed by atoms with Crippen molar-refractivity contribution < 1.29 is 24.2 Å². The molecule has 5 aliphatic carbocycles. The summed E-state index contributed by atoms with van der Waals surface area (Å²) in [5, 5.41) is 1.48. The van der Waals surface area contributed by atoms with Gasteiger partial charge in [-0.15, -0.1) is 38.2 Å². The van der Waals surface area contributed by atoms with E-state index in [2.05, 4.69) is 120 Å². The molecule has 52 heavy (non-hydrogen) atoms. The van der Waals surface area contributed by atoms with Crippen LogP contribution in [-0.4, -0.2) is 4.21 Å². The van der Waals surface area contributed by atoms with Crippen LogP contribution in [-0.2, 0) is 30.7 Å². The van der Waals surface area contributed by atoms with Crippen molar-refractivity contribution in [1.82, 2.24) is 0 Å². The summed E-state index contributed by atoms with van der Waals surface area (Å²) in [6, 6.07) is 29.2. The maximum atomic E-state index is 5.51. The zero-order chi connectivity index (χ0) is 36.7. The van der Waals surface area contributed by atoms with Gasteiger partial charge in [0.1, 0.15) is 0 Å². The van der Waals surface area contributed by atoms with Gasteiger partial charge < -0.3 is 0 Å². The van der Waals surface area contributed by atoms with Crippen LogP contribution in [0.2, 0.25) is 10.0 Å². The Labute approximate surface area is 353 Å². The van der Waals surface area contributed by atoms with Gasteiger partial charge in [0.15, 0.2) is 0 Å². The quantitative estimate of drug-likeness (QED) is 0.198. The van der Waals surface area contributed by atoms with Gasteiger partial charge in [-0.1, -0.05) is 123 Å². The van der Waals surface area contributed by atoms with Crippen molar-refractivity contribution in [3.05, 3.63) is 165 Å². The number of rotatable bonds is 0. The van der Waals surface area contributed by atoms with Crippen molar-refractivity contribution in [2.24, 2.45) is 27.6 Å². The van der Waals surface area contributed by atoms with Gasteiger partial charge >= 0.3 is 28.4 Å². The molecule has 0 aliphatic heterocycles. The van der Waals surface area contributed by atoms with E-state index in [4.69, 9.17) is 23.2 Å². The summed E-state index contributed by atoms with van der Waals surface area (Å²) in [5.74, 6) is 2.24. The molecule has 0 bridgehead atoms. The second-order valence-electron chi connectivity index (χ2n) is 15.2. The van der Waals surface area contributed by atoms with E-state index in [0.29, 0.717) is 5.92 Å². The molecule has 5 aliphatic rings. The molecule has 0 spiro atoms. The molecule has 1 fully saturated rings. The topological polar surface area (TPSA) is 0 Å². The number of benzene rings is 3. The first kappa shape index (κ1) is 46.3. The first-order valence-corrected chi connectivity index (χ1v) is 20.1. The van der Waals surface area contributed by atoms with Crippen molar-refractivity contribution in [2.75, 3.05) is 0 Å². The Morgan fingerprint density at radius 1 is 0.808 bits per heavy atom. The van der Waals surface area contributed by atoms with E-state index in [1.54, 1.807) is 40.3 Å².